The van der Waals surface area contributed by atoms with E-state index >= 15 is 0 Å². The summed E-state index contributed by atoms with van der Waals surface area (Å²) in [7, 11) is 0. The van der Waals surface area contributed by atoms with Gasteiger partial charge in [-0.25, -0.2) is 9.97 Å². The zero-order chi connectivity index (χ0) is 13.2. The first kappa shape index (κ1) is 12.7. The number of thiazole rings is 1. The van der Waals surface area contributed by atoms with E-state index in [-0.39, 0.29) is 0 Å². The maximum atomic E-state index is 5.61. The molecule has 19 heavy (non-hydrogen) atoms. The van der Waals surface area contributed by atoms with Crippen LogP contribution in [0, 0.1) is 13.8 Å². The topological polar surface area (TPSA) is 51.0 Å². The number of nitrogens with one attached hydrogen (secondary N) is 1. The largest absolute Gasteiger partial charge is 0.439 e. The Kier molecular flexibility index (Phi) is 3.55. The molecule has 3 rings (SSSR count). The van der Waals surface area contributed by atoms with Crippen LogP contribution >= 0.6 is 11.3 Å². The summed E-state index contributed by atoms with van der Waals surface area (Å²) in [5, 5.41) is 6.58. The molecule has 0 radical (unpaired) electrons. The molecule has 102 valence electrons. The third-order valence-electron chi connectivity index (χ3n) is 3.57. The molecule has 2 aromatic heterocycles. The van der Waals surface area contributed by atoms with Crippen molar-refractivity contribution in [3.63, 3.8) is 0 Å². The number of oxazole rings is 1. The molecule has 0 saturated heterocycles. The molecule has 4 nitrogen and oxygen atoms in total. The minimum Gasteiger partial charge on any atom is -0.439 e. The standard InChI is InChI=1S/C14H19N3OS/c1-9-13(18-10(2)15-9)12-8-19-14(17-12)16-11-6-4-3-5-7-11/h8,11H,3-7H2,1-2H3,(H,16,17). The van der Waals surface area contributed by atoms with Crippen LogP contribution in [0.4, 0.5) is 5.13 Å². The maximum Gasteiger partial charge on any atom is 0.192 e. The first-order valence-corrected chi connectivity index (χ1v) is 7.77. The Hall–Kier alpha value is -1.36. The molecular weight excluding hydrogens is 258 g/mol. The summed E-state index contributed by atoms with van der Waals surface area (Å²) < 4.78 is 5.61. The minimum absolute atomic E-state index is 0.588. The van der Waals surface area contributed by atoms with Gasteiger partial charge in [0.2, 0.25) is 0 Å². The van der Waals surface area contributed by atoms with Gasteiger partial charge in [-0.1, -0.05) is 19.3 Å². The van der Waals surface area contributed by atoms with Crippen LogP contribution < -0.4 is 5.32 Å². The van der Waals surface area contributed by atoms with E-state index in [2.05, 4.69) is 15.3 Å². The van der Waals surface area contributed by atoms with E-state index in [0.717, 1.165) is 22.3 Å². The average Bonchev–Trinajstić information content (AvgIpc) is 2.97. The molecule has 0 atom stereocenters. The summed E-state index contributed by atoms with van der Waals surface area (Å²) in [6, 6.07) is 0.588. The van der Waals surface area contributed by atoms with Crippen molar-refractivity contribution in [1.29, 1.82) is 0 Å². The summed E-state index contributed by atoms with van der Waals surface area (Å²) in [5.41, 5.74) is 1.80. The number of hydrogen-bond acceptors (Lipinski definition) is 5. The third-order valence-corrected chi connectivity index (χ3v) is 4.35. The van der Waals surface area contributed by atoms with E-state index in [1.54, 1.807) is 11.3 Å². The summed E-state index contributed by atoms with van der Waals surface area (Å²) in [6.45, 7) is 3.82. The van der Waals surface area contributed by atoms with Gasteiger partial charge in [0.15, 0.2) is 16.8 Å². The number of aromatic nitrogens is 2. The van der Waals surface area contributed by atoms with Crippen molar-refractivity contribution in [3.8, 4) is 11.5 Å². The Morgan fingerprint density at radius 2 is 2.00 bits per heavy atom. The molecule has 1 aliphatic carbocycles. The number of aryl methyl sites for hydroxylation is 2. The molecule has 1 fully saturated rings. The van der Waals surface area contributed by atoms with Gasteiger partial charge in [-0.3, -0.25) is 0 Å². The number of nitrogens with zero attached hydrogens (tertiary/aromatic N) is 2. The molecule has 0 unspecified atom stereocenters. The summed E-state index contributed by atoms with van der Waals surface area (Å²) in [4.78, 5) is 8.91. The van der Waals surface area contributed by atoms with Crippen LogP contribution in [0.5, 0.6) is 0 Å². The predicted molar refractivity (Wildman–Crippen MR) is 77.6 cm³/mol. The lowest BCUT2D eigenvalue weighted by molar-refractivity contribution is 0.462. The second-order valence-corrected chi connectivity index (χ2v) is 6.02. The number of anilines is 1. The second-order valence-electron chi connectivity index (χ2n) is 5.16. The normalized spacial score (nSPS) is 16.7. The molecular formula is C14H19N3OS. The zero-order valence-electron chi connectivity index (χ0n) is 11.4. The molecule has 0 aliphatic heterocycles. The van der Waals surface area contributed by atoms with Gasteiger partial charge in [-0.2, -0.15) is 0 Å². The highest BCUT2D eigenvalue weighted by Crippen LogP contribution is 2.29. The van der Waals surface area contributed by atoms with Crippen molar-refractivity contribution in [2.75, 3.05) is 5.32 Å². The van der Waals surface area contributed by atoms with Gasteiger partial charge in [0.05, 0.1) is 5.69 Å². The van der Waals surface area contributed by atoms with E-state index in [9.17, 15) is 0 Å². The SMILES string of the molecule is Cc1nc(C)c(-c2csc(NC3CCCCC3)n2)o1. The molecule has 2 heterocycles. The van der Waals surface area contributed by atoms with Gasteiger partial charge in [0.25, 0.3) is 0 Å². The van der Waals surface area contributed by atoms with Crippen molar-refractivity contribution in [1.82, 2.24) is 9.97 Å². The first-order chi connectivity index (χ1) is 9.22. The molecule has 0 aromatic carbocycles. The molecule has 5 heteroatoms. The first-order valence-electron chi connectivity index (χ1n) is 6.89. The van der Waals surface area contributed by atoms with Crippen LogP contribution in [0.25, 0.3) is 11.5 Å². The molecule has 0 amide bonds. The Morgan fingerprint density at radius 1 is 1.21 bits per heavy atom. The number of rotatable bonds is 3. The molecule has 0 spiro atoms. The smallest absolute Gasteiger partial charge is 0.192 e. The van der Waals surface area contributed by atoms with Crippen LogP contribution in [0.2, 0.25) is 0 Å². The Balaban J connectivity index is 1.74. The average molecular weight is 277 g/mol. The van der Waals surface area contributed by atoms with Gasteiger partial charge >= 0.3 is 0 Å². The molecule has 2 aromatic rings. The van der Waals surface area contributed by atoms with Crippen LogP contribution in [0.15, 0.2) is 9.80 Å². The summed E-state index contributed by atoms with van der Waals surface area (Å²) >= 11 is 1.65. The Morgan fingerprint density at radius 3 is 2.68 bits per heavy atom. The highest BCUT2D eigenvalue weighted by molar-refractivity contribution is 7.14. The monoisotopic (exact) mass is 277 g/mol. The lowest BCUT2D eigenvalue weighted by Gasteiger charge is -2.22. The molecule has 0 bridgehead atoms. The third kappa shape index (κ3) is 2.81. The van der Waals surface area contributed by atoms with Crippen molar-refractivity contribution in [3.05, 3.63) is 17.0 Å². The van der Waals surface area contributed by atoms with Crippen molar-refractivity contribution in [2.24, 2.45) is 0 Å². The van der Waals surface area contributed by atoms with Crippen LogP contribution in [-0.4, -0.2) is 16.0 Å². The van der Waals surface area contributed by atoms with Crippen molar-refractivity contribution < 1.29 is 4.42 Å². The predicted octanol–water partition coefficient (Wildman–Crippen LogP) is 4.16. The molecule has 1 N–H and O–H groups in total. The zero-order valence-corrected chi connectivity index (χ0v) is 12.2. The van der Waals surface area contributed by atoms with Gasteiger partial charge in [0, 0.05) is 18.3 Å². The maximum absolute atomic E-state index is 5.61. The molecule has 1 saturated carbocycles. The lowest BCUT2D eigenvalue weighted by Crippen LogP contribution is -2.21. The fourth-order valence-electron chi connectivity index (χ4n) is 2.63. The minimum atomic E-state index is 0.588. The van der Waals surface area contributed by atoms with Gasteiger partial charge in [-0.05, 0) is 19.8 Å². The quantitative estimate of drug-likeness (QED) is 0.915. The van der Waals surface area contributed by atoms with Gasteiger partial charge < -0.3 is 9.73 Å². The summed E-state index contributed by atoms with van der Waals surface area (Å²) in [5.74, 6) is 1.49. The summed E-state index contributed by atoms with van der Waals surface area (Å²) in [6.07, 6.45) is 6.55. The van der Waals surface area contributed by atoms with Crippen LogP contribution in [0.3, 0.4) is 0 Å². The fraction of sp³-hybridized carbons (Fsp3) is 0.571. The van der Waals surface area contributed by atoms with Crippen LogP contribution in [-0.2, 0) is 0 Å². The lowest BCUT2D eigenvalue weighted by atomic mass is 9.96. The van der Waals surface area contributed by atoms with Crippen molar-refractivity contribution >= 4 is 16.5 Å². The van der Waals surface area contributed by atoms with Crippen LogP contribution in [0.1, 0.15) is 43.7 Å². The Labute approximate surface area is 117 Å². The van der Waals surface area contributed by atoms with E-state index in [1.807, 2.05) is 19.2 Å². The highest BCUT2D eigenvalue weighted by atomic mass is 32.1. The van der Waals surface area contributed by atoms with Gasteiger partial charge in [0.1, 0.15) is 5.69 Å². The highest BCUT2D eigenvalue weighted by Gasteiger charge is 2.17. The van der Waals surface area contributed by atoms with Crippen molar-refractivity contribution in [2.45, 2.75) is 52.0 Å². The Bertz CT molecular complexity index is 555. The van der Waals surface area contributed by atoms with Gasteiger partial charge in [-0.15, -0.1) is 11.3 Å². The fourth-order valence-corrected chi connectivity index (χ4v) is 3.40. The second kappa shape index (κ2) is 5.33. The molecule has 1 aliphatic rings. The number of hydrogen-bond donors (Lipinski definition) is 1. The van der Waals surface area contributed by atoms with E-state index in [4.69, 9.17) is 4.42 Å². The van der Waals surface area contributed by atoms with E-state index in [0.29, 0.717) is 11.9 Å². The van der Waals surface area contributed by atoms with E-state index in [1.165, 1.54) is 32.1 Å². The van der Waals surface area contributed by atoms with E-state index < -0.39 is 0 Å².